The number of aryl methyl sites for hydroxylation is 1. The van der Waals surface area contributed by atoms with Gasteiger partial charge in [-0.1, -0.05) is 43.6 Å². The molecule has 1 aliphatic heterocycles. The van der Waals surface area contributed by atoms with E-state index in [4.69, 9.17) is 27.1 Å². The second-order valence-corrected chi connectivity index (χ2v) is 10.6. The number of anilines is 2. The summed E-state index contributed by atoms with van der Waals surface area (Å²) >= 11 is 6.66. The number of halogens is 1. The number of ether oxygens (including phenoxy) is 1. The number of pyridine rings is 1. The number of aromatic nitrogens is 1. The van der Waals surface area contributed by atoms with E-state index in [2.05, 4.69) is 19.2 Å². The molecule has 5 nitrogen and oxygen atoms in total. The SMILES string of the molecule is CC1=C(C(=O)OCC2CC2)C(c2ccccc2Cl)c2c(nc3c(c2N)CC(C)(C)CC3)N1. The molecular formula is C26H30ClN3O2. The summed E-state index contributed by atoms with van der Waals surface area (Å²) in [6.07, 6.45) is 5.09. The van der Waals surface area contributed by atoms with Gasteiger partial charge in [-0.2, -0.15) is 0 Å². The summed E-state index contributed by atoms with van der Waals surface area (Å²) in [5, 5.41) is 3.97. The highest BCUT2D eigenvalue weighted by atomic mass is 35.5. The van der Waals surface area contributed by atoms with Crippen LogP contribution in [0.4, 0.5) is 11.5 Å². The number of nitrogen functional groups attached to an aromatic ring is 1. The summed E-state index contributed by atoms with van der Waals surface area (Å²) in [6, 6.07) is 7.65. The summed E-state index contributed by atoms with van der Waals surface area (Å²) in [7, 11) is 0. The Morgan fingerprint density at radius 3 is 2.78 bits per heavy atom. The minimum atomic E-state index is -0.422. The molecule has 0 spiro atoms. The fourth-order valence-electron chi connectivity index (χ4n) is 4.98. The average molecular weight is 452 g/mol. The normalized spacial score (nSPS) is 21.4. The van der Waals surface area contributed by atoms with Crippen LogP contribution in [-0.4, -0.2) is 17.6 Å². The minimum Gasteiger partial charge on any atom is -0.462 e. The molecule has 32 heavy (non-hydrogen) atoms. The molecule has 6 heteroatoms. The summed E-state index contributed by atoms with van der Waals surface area (Å²) in [6.45, 7) is 6.90. The maximum atomic E-state index is 13.3. The lowest BCUT2D eigenvalue weighted by molar-refractivity contribution is -0.139. The number of carbonyl (C=O) groups excluding carboxylic acids is 1. The molecular weight excluding hydrogens is 422 g/mol. The van der Waals surface area contributed by atoms with Crippen molar-refractivity contribution in [2.24, 2.45) is 11.3 Å². The Hall–Kier alpha value is -2.53. The fraction of sp³-hybridized carbons (Fsp3) is 0.462. The molecule has 1 fully saturated rings. The Labute approximate surface area is 194 Å². The van der Waals surface area contributed by atoms with Crippen LogP contribution in [0.25, 0.3) is 0 Å². The van der Waals surface area contributed by atoms with Crippen molar-refractivity contribution in [2.75, 3.05) is 17.7 Å². The van der Waals surface area contributed by atoms with E-state index in [0.29, 0.717) is 23.1 Å². The number of fused-ring (bicyclic) bond motifs is 2. The zero-order valence-corrected chi connectivity index (χ0v) is 19.7. The Bertz CT molecular complexity index is 1130. The first-order valence-electron chi connectivity index (χ1n) is 11.5. The number of esters is 1. The molecule has 1 saturated carbocycles. The van der Waals surface area contributed by atoms with Crippen LogP contribution in [0.3, 0.4) is 0 Å². The Morgan fingerprint density at radius 2 is 2.06 bits per heavy atom. The lowest BCUT2D eigenvalue weighted by atomic mass is 9.73. The Kier molecular flexibility index (Phi) is 5.20. The number of nitrogens with zero attached hydrogens (tertiary/aromatic N) is 1. The minimum absolute atomic E-state index is 0.163. The van der Waals surface area contributed by atoms with Crippen LogP contribution < -0.4 is 11.1 Å². The third-order valence-corrected chi connectivity index (χ3v) is 7.37. The van der Waals surface area contributed by atoms with Crippen molar-refractivity contribution in [1.82, 2.24) is 4.98 Å². The molecule has 2 heterocycles. The number of nitrogens with two attached hydrogens (primary N) is 1. The molecule has 0 saturated heterocycles. The Morgan fingerprint density at radius 1 is 1.31 bits per heavy atom. The summed E-state index contributed by atoms with van der Waals surface area (Å²) in [4.78, 5) is 18.3. The molecule has 0 amide bonds. The number of rotatable bonds is 4. The van der Waals surface area contributed by atoms with Crippen LogP contribution in [0, 0.1) is 11.3 Å². The van der Waals surface area contributed by atoms with Crippen LogP contribution in [0.15, 0.2) is 35.5 Å². The monoisotopic (exact) mass is 451 g/mol. The van der Waals surface area contributed by atoms with Crippen molar-refractivity contribution in [1.29, 1.82) is 0 Å². The van der Waals surface area contributed by atoms with Crippen LogP contribution in [-0.2, 0) is 22.4 Å². The number of hydrogen-bond donors (Lipinski definition) is 2. The number of benzene rings is 1. The smallest absolute Gasteiger partial charge is 0.336 e. The van der Waals surface area contributed by atoms with Crippen LogP contribution in [0.2, 0.25) is 5.02 Å². The summed E-state index contributed by atoms with van der Waals surface area (Å²) in [5.74, 6) is 0.481. The van der Waals surface area contributed by atoms with Crippen LogP contribution >= 0.6 is 11.6 Å². The van der Waals surface area contributed by atoms with E-state index in [9.17, 15) is 4.79 Å². The topological polar surface area (TPSA) is 77.2 Å². The fourth-order valence-corrected chi connectivity index (χ4v) is 5.22. The van der Waals surface area contributed by atoms with Gasteiger partial charge in [0.1, 0.15) is 5.82 Å². The first-order chi connectivity index (χ1) is 15.2. The van der Waals surface area contributed by atoms with Crippen LogP contribution in [0.1, 0.15) is 68.3 Å². The van der Waals surface area contributed by atoms with Crippen LogP contribution in [0.5, 0.6) is 0 Å². The van der Waals surface area contributed by atoms with Gasteiger partial charge < -0.3 is 15.8 Å². The summed E-state index contributed by atoms with van der Waals surface area (Å²) < 4.78 is 5.73. The molecule has 2 aliphatic carbocycles. The van der Waals surface area contributed by atoms with Crippen molar-refractivity contribution in [2.45, 2.75) is 58.8 Å². The standard InChI is InChI=1S/C26H30ClN3O2/c1-14-20(25(31)32-13-15-8-9-15)21(16-6-4-5-7-18(16)27)22-23(28)17-12-26(2,3)11-10-19(17)30-24(22)29-14/h4-7,15,21H,8-13H2,1-3H3,(H3,28,29,30). The Balaban J connectivity index is 1.67. The lowest BCUT2D eigenvalue weighted by Crippen LogP contribution is -2.30. The van der Waals surface area contributed by atoms with Gasteiger partial charge in [0.05, 0.1) is 18.1 Å². The average Bonchev–Trinajstić information content (AvgIpc) is 3.57. The van der Waals surface area contributed by atoms with E-state index in [1.807, 2.05) is 31.2 Å². The predicted molar refractivity (Wildman–Crippen MR) is 128 cm³/mol. The maximum Gasteiger partial charge on any atom is 0.336 e. The van der Waals surface area contributed by atoms with Gasteiger partial charge in [-0.3, -0.25) is 0 Å². The van der Waals surface area contributed by atoms with Gasteiger partial charge in [0, 0.05) is 27.7 Å². The highest BCUT2D eigenvalue weighted by molar-refractivity contribution is 6.31. The van der Waals surface area contributed by atoms with Gasteiger partial charge in [-0.25, -0.2) is 9.78 Å². The van der Waals surface area contributed by atoms with Crippen molar-refractivity contribution in [3.05, 3.63) is 62.9 Å². The molecule has 5 rings (SSSR count). The summed E-state index contributed by atoms with van der Waals surface area (Å²) in [5.41, 5.74) is 12.9. The molecule has 1 aromatic heterocycles. The zero-order valence-electron chi connectivity index (χ0n) is 18.9. The van der Waals surface area contributed by atoms with Crippen molar-refractivity contribution < 1.29 is 9.53 Å². The molecule has 2 aromatic rings. The largest absolute Gasteiger partial charge is 0.462 e. The molecule has 3 aliphatic rings. The third-order valence-electron chi connectivity index (χ3n) is 7.03. The van der Waals surface area contributed by atoms with E-state index in [-0.39, 0.29) is 11.4 Å². The van der Waals surface area contributed by atoms with Gasteiger partial charge in [0.2, 0.25) is 0 Å². The van der Waals surface area contributed by atoms with E-state index in [1.54, 1.807) is 0 Å². The predicted octanol–water partition coefficient (Wildman–Crippen LogP) is 5.62. The van der Waals surface area contributed by atoms with Gasteiger partial charge in [0.25, 0.3) is 0 Å². The number of nitrogens with one attached hydrogen (secondary N) is 1. The molecule has 168 valence electrons. The van der Waals surface area contributed by atoms with Gasteiger partial charge in [0.15, 0.2) is 0 Å². The van der Waals surface area contributed by atoms with E-state index in [0.717, 1.165) is 71.7 Å². The van der Waals surface area contributed by atoms with Gasteiger partial charge in [-0.05, 0) is 67.6 Å². The van der Waals surface area contributed by atoms with E-state index in [1.165, 1.54) is 0 Å². The first kappa shape index (κ1) is 21.3. The number of allylic oxidation sites excluding steroid dienone is 1. The number of carbonyl (C=O) groups is 1. The zero-order chi connectivity index (χ0) is 22.6. The van der Waals surface area contributed by atoms with Crippen molar-refractivity contribution in [3.8, 4) is 0 Å². The van der Waals surface area contributed by atoms with E-state index < -0.39 is 5.92 Å². The highest BCUT2D eigenvalue weighted by Crippen LogP contribution is 2.49. The van der Waals surface area contributed by atoms with Crippen molar-refractivity contribution in [3.63, 3.8) is 0 Å². The molecule has 1 aromatic carbocycles. The highest BCUT2D eigenvalue weighted by Gasteiger charge is 2.39. The molecule has 0 radical (unpaired) electrons. The molecule has 1 atom stereocenters. The second-order valence-electron chi connectivity index (χ2n) is 10.2. The molecule has 0 bridgehead atoms. The van der Waals surface area contributed by atoms with Crippen molar-refractivity contribution >= 4 is 29.1 Å². The third kappa shape index (κ3) is 3.77. The lowest BCUT2D eigenvalue weighted by Gasteiger charge is -2.36. The van der Waals surface area contributed by atoms with Gasteiger partial charge >= 0.3 is 5.97 Å². The quantitative estimate of drug-likeness (QED) is 0.590. The van der Waals surface area contributed by atoms with Gasteiger partial charge in [-0.15, -0.1) is 0 Å². The maximum absolute atomic E-state index is 13.3. The van der Waals surface area contributed by atoms with E-state index >= 15 is 0 Å². The molecule has 3 N–H and O–H groups in total. The number of hydrogen-bond acceptors (Lipinski definition) is 5. The first-order valence-corrected chi connectivity index (χ1v) is 11.8. The second kappa shape index (κ2) is 7.80. The molecule has 1 unspecified atom stereocenters.